The van der Waals surface area contributed by atoms with Gasteiger partial charge in [0.15, 0.2) is 6.10 Å². The van der Waals surface area contributed by atoms with Crippen molar-refractivity contribution in [3.63, 3.8) is 0 Å². The molecular weight excluding hydrogens is 332 g/mol. The second kappa shape index (κ2) is 8.38. The molecule has 0 saturated carbocycles. The predicted molar refractivity (Wildman–Crippen MR) is 97.7 cm³/mol. The number of hydrogen-bond acceptors (Lipinski definition) is 6. The molecule has 0 aromatic heterocycles. The summed E-state index contributed by atoms with van der Waals surface area (Å²) in [5.41, 5.74) is 0.693. The highest BCUT2D eigenvalue weighted by molar-refractivity contribution is 5.82. The van der Waals surface area contributed by atoms with Gasteiger partial charge >= 0.3 is 11.9 Å². The molecule has 0 amide bonds. The zero-order chi connectivity index (χ0) is 19.2. The van der Waals surface area contributed by atoms with Crippen molar-refractivity contribution < 1.29 is 19.1 Å². The van der Waals surface area contributed by atoms with E-state index in [1.54, 1.807) is 45.0 Å². The third-order valence-corrected chi connectivity index (χ3v) is 3.32. The fourth-order valence-corrected chi connectivity index (χ4v) is 1.78. The fraction of sp³-hybridized carbons (Fsp3) is 0.300. The smallest absolute Gasteiger partial charge is 0.352 e. The average molecular weight is 354 g/mol. The molecule has 0 saturated heterocycles. The highest BCUT2D eigenvalue weighted by Gasteiger charge is 2.28. The minimum Gasteiger partial charge on any atom is -0.450 e. The van der Waals surface area contributed by atoms with Gasteiger partial charge in [-0.3, -0.25) is 4.79 Å². The molecular formula is C20H22N2O4. The summed E-state index contributed by atoms with van der Waals surface area (Å²) >= 11 is 0. The first kappa shape index (κ1) is 19.3. The molecule has 0 spiro atoms. The van der Waals surface area contributed by atoms with Crippen molar-refractivity contribution in [2.24, 2.45) is 15.6 Å². The van der Waals surface area contributed by atoms with Gasteiger partial charge in [-0.15, -0.1) is 0 Å². The summed E-state index contributed by atoms with van der Waals surface area (Å²) < 4.78 is 10.3. The van der Waals surface area contributed by atoms with Crippen molar-refractivity contribution in [3.8, 4) is 5.75 Å². The standard InChI is InChI=1S/C20H22N2O4/c1-14(25-19(24)20(2,3)4)18(23)26-17-12-10-16(11-13-17)22-21-15-8-6-5-7-9-15/h5-14H,1-4H3/t14-/m0/s1. The van der Waals surface area contributed by atoms with Crippen LogP contribution < -0.4 is 4.74 Å². The topological polar surface area (TPSA) is 77.3 Å². The lowest BCUT2D eigenvalue weighted by atomic mass is 9.97. The molecule has 6 heteroatoms. The normalized spacial score (nSPS) is 12.6. The molecule has 2 aromatic rings. The molecule has 2 rings (SSSR count). The Labute approximate surface area is 152 Å². The minimum absolute atomic E-state index is 0.340. The Morgan fingerprint density at radius 1 is 0.885 bits per heavy atom. The highest BCUT2D eigenvalue weighted by Crippen LogP contribution is 2.22. The zero-order valence-electron chi connectivity index (χ0n) is 15.3. The predicted octanol–water partition coefficient (Wildman–Crippen LogP) is 4.99. The summed E-state index contributed by atoms with van der Waals surface area (Å²) in [6.45, 7) is 6.64. The van der Waals surface area contributed by atoms with E-state index in [-0.39, 0.29) is 0 Å². The van der Waals surface area contributed by atoms with E-state index in [1.165, 1.54) is 6.92 Å². The van der Waals surface area contributed by atoms with Gasteiger partial charge in [-0.2, -0.15) is 10.2 Å². The lowest BCUT2D eigenvalue weighted by Crippen LogP contribution is -2.33. The van der Waals surface area contributed by atoms with Gasteiger partial charge in [0.1, 0.15) is 5.75 Å². The van der Waals surface area contributed by atoms with Crippen molar-refractivity contribution in [3.05, 3.63) is 54.6 Å². The van der Waals surface area contributed by atoms with E-state index in [1.807, 2.05) is 30.3 Å². The first-order valence-electron chi connectivity index (χ1n) is 8.25. The lowest BCUT2D eigenvalue weighted by Gasteiger charge is -2.19. The highest BCUT2D eigenvalue weighted by atomic mass is 16.6. The maximum Gasteiger partial charge on any atom is 0.352 e. The second-order valence-electron chi connectivity index (χ2n) is 6.75. The summed E-state index contributed by atoms with van der Waals surface area (Å²) in [4.78, 5) is 23.8. The number of carbonyl (C=O) groups excluding carboxylic acids is 2. The molecule has 0 aliphatic heterocycles. The molecule has 0 fully saturated rings. The molecule has 0 radical (unpaired) electrons. The number of nitrogens with zero attached hydrogens (tertiary/aromatic N) is 2. The van der Waals surface area contributed by atoms with E-state index < -0.39 is 23.5 Å². The summed E-state index contributed by atoms with van der Waals surface area (Å²) in [6.07, 6.45) is -0.987. The van der Waals surface area contributed by atoms with E-state index in [2.05, 4.69) is 10.2 Å². The zero-order valence-corrected chi connectivity index (χ0v) is 15.3. The van der Waals surface area contributed by atoms with Gasteiger partial charge in [0.05, 0.1) is 16.8 Å². The Morgan fingerprint density at radius 3 is 1.96 bits per heavy atom. The van der Waals surface area contributed by atoms with Crippen LogP contribution >= 0.6 is 0 Å². The maximum atomic E-state index is 12.0. The van der Waals surface area contributed by atoms with Crippen LogP contribution in [0.15, 0.2) is 64.8 Å². The number of esters is 2. The number of carbonyl (C=O) groups is 2. The van der Waals surface area contributed by atoms with Gasteiger partial charge in [-0.05, 0) is 64.1 Å². The van der Waals surface area contributed by atoms with Crippen LogP contribution in [0.3, 0.4) is 0 Å². The molecule has 0 unspecified atom stereocenters. The van der Waals surface area contributed by atoms with Crippen LogP contribution in [0.5, 0.6) is 5.75 Å². The maximum absolute atomic E-state index is 12.0. The van der Waals surface area contributed by atoms with Crippen molar-refractivity contribution in [2.75, 3.05) is 0 Å². The van der Waals surface area contributed by atoms with Crippen LogP contribution in [0.2, 0.25) is 0 Å². The lowest BCUT2D eigenvalue weighted by molar-refractivity contribution is -0.167. The molecule has 0 bridgehead atoms. The molecule has 0 heterocycles. The number of ether oxygens (including phenoxy) is 2. The average Bonchev–Trinajstić information content (AvgIpc) is 2.61. The van der Waals surface area contributed by atoms with Crippen LogP contribution in [0.25, 0.3) is 0 Å². The van der Waals surface area contributed by atoms with Gasteiger partial charge in [0, 0.05) is 0 Å². The van der Waals surface area contributed by atoms with E-state index in [0.29, 0.717) is 11.4 Å². The minimum atomic E-state index is -0.987. The third-order valence-electron chi connectivity index (χ3n) is 3.32. The van der Waals surface area contributed by atoms with E-state index in [4.69, 9.17) is 9.47 Å². The number of hydrogen-bond donors (Lipinski definition) is 0. The molecule has 0 N–H and O–H groups in total. The van der Waals surface area contributed by atoms with Gasteiger partial charge in [-0.25, -0.2) is 4.79 Å². The van der Waals surface area contributed by atoms with Gasteiger partial charge in [0.2, 0.25) is 0 Å². The molecule has 1 atom stereocenters. The van der Waals surface area contributed by atoms with Crippen LogP contribution in [0, 0.1) is 5.41 Å². The third kappa shape index (κ3) is 5.81. The Hall–Kier alpha value is -3.02. The van der Waals surface area contributed by atoms with Crippen molar-refractivity contribution in [1.82, 2.24) is 0 Å². The molecule has 0 aliphatic carbocycles. The van der Waals surface area contributed by atoms with E-state index in [0.717, 1.165) is 5.69 Å². The van der Waals surface area contributed by atoms with Crippen LogP contribution in [-0.4, -0.2) is 18.0 Å². The molecule has 26 heavy (non-hydrogen) atoms. The number of benzene rings is 2. The SMILES string of the molecule is C[C@H](OC(=O)C(C)(C)C)C(=O)Oc1ccc(N=Nc2ccccc2)cc1. The van der Waals surface area contributed by atoms with E-state index in [9.17, 15) is 9.59 Å². The summed E-state index contributed by atoms with van der Waals surface area (Å²) in [7, 11) is 0. The van der Waals surface area contributed by atoms with E-state index >= 15 is 0 Å². The van der Waals surface area contributed by atoms with Crippen LogP contribution in [0.1, 0.15) is 27.7 Å². The molecule has 2 aromatic carbocycles. The monoisotopic (exact) mass is 354 g/mol. The Morgan fingerprint density at radius 2 is 1.42 bits per heavy atom. The summed E-state index contributed by atoms with van der Waals surface area (Å²) in [6, 6.07) is 15.9. The van der Waals surface area contributed by atoms with Crippen molar-refractivity contribution in [1.29, 1.82) is 0 Å². The van der Waals surface area contributed by atoms with Crippen LogP contribution in [0.4, 0.5) is 11.4 Å². The first-order valence-corrected chi connectivity index (χ1v) is 8.25. The fourth-order valence-electron chi connectivity index (χ4n) is 1.78. The molecule has 136 valence electrons. The van der Waals surface area contributed by atoms with Crippen LogP contribution in [-0.2, 0) is 14.3 Å². The second-order valence-corrected chi connectivity index (χ2v) is 6.75. The van der Waals surface area contributed by atoms with Gasteiger partial charge in [0.25, 0.3) is 0 Å². The van der Waals surface area contributed by atoms with Gasteiger partial charge in [-0.1, -0.05) is 18.2 Å². The molecule has 6 nitrogen and oxygen atoms in total. The Kier molecular flexibility index (Phi) is 6.22. The van der Waals surface area contributed by atoms with Gasteiger partial charge < -0.3 is 9.47 Å². The molecule has 0 aliphatic rings. The van der Waals surface area contributed by atoms with Crippen molar-refractivity contribution >= 4 is 23.3 Å². The summed E-state index contributed by atoms with van der Waals surface area (Å²) in [5.74, 6) is -0.757. The Balaban J connectivity index is 1.93. The quantitative estimate of drug-likeness (QED) is 0.431. The van der Waals surface area contributed by atoms with Crippen molar-refractivity contribution in [2.45, 2.75) is 33.8 Å². The number of azo groups is 1. The Bertz CT molecular complexity index is 778. The largest absolute Gasteiger partial charge is 0.450 e. The first-order chi connectivity index (χ1) is 12.3. The summed E-state index contributed by atoms with van der Waals surface area (Å²) in [5, 5.41) is 8.22. The number of rotatable bonds is 5.